The molecule has 1 aliphatic carbocycles. The van der Waals surface area contributed by atoms with Crippen molar-refractivity contribution in [2.45, 2.75) is 55.5 Å². The van der Waals surface area contributed by atoms with E-state index in [0.29, 0.717) is 12.0 Å². The fourth-order valence-electron chi connectivity index (χ4n) is 6.22. The summed E-state index contributed by atoms with van der Waals surface area (Å²) in [5.74, 6) is 3.43. The third kappa shape index (κ3) is 1.85. The van der Waals surface area contributed by atoms with Crippen LogP contribution in [0.5, 0.6) is 0 Å². The van der Waals surface area contributed by atoms with Crippen molar-refractivity contribution in [2.75, 3.05) is 18.4 Å². The maximum atomic E-state index is 4.58. The Bertz CT molecular complexity index is 601. The van der Waals surface area contributed by atoms with Gasteiger partial charge in [-0.2, -0.15) is 0 Å². The lowest BCUT2D eigenvalue weighted by molar-refractivity contribution is -0.0383. The van der Waals surface area contributed by atoms with E-state index in [-0.39, 0.29) is 0 Å². The first-order valence-electron chi connectivity index (χ1n) is 9.08. The quantitative estimate of drug-likeness (QED) is 0.762. The van der Waals surface area contributed by atoms with E-state index in [1.807, 2.05) is 0 Å². The van der Waals surface area contributed by atoms with Crippen molar-refractivity contribution in [2.24, 2.45) is 17.8 Å². The van der Waals surface area contributed by atoms with Crippen molar-refractivity contribution in [1.29, 1.82) is 0 Å². The number of hydrogen-bond donors (Lipinski definition) is 2. The van der Waals surface area contributed by atoms with Gasteiger partial charge in [0.2, 0.25) is 0 Å². The van der Waals surface area contributed by atoms with Crippen molar-refractivity contribution < 1.29 is 0 Å². The average Bonchev–Trinajstić information content (AvgIpc) is 2.85. The number of rotatable bonds is 1. The third-order valence-electron chi connectivity index (χ3n) is 6.98. The molecule has 4 aliphatic heterocycles. The molecule has 5 aliphatic rings. The zero-order valence-corrected chi connectivity index (χ0v) is 14.2. The minimum absolute atomic E-state index is 0.664. The Morgan fingerprint density at radius 3 is 3.09 bits per heavy atom. The Morgan fingerprint density at radius 2 is 2.23 bits per heavy atom. The fourth-order valence-corrected chi connectivity index (χ4v) is 6.44. The molecule has 22 heavy (non-hydrogen) atoms. The molecule has 1 saturated carbocycles. The molecular formula is C19H26N2S. The first kappa shape index (κ1) is 13.7. The van der Waals surface area contributed by atoms with Gasteiger partial charge >= 0.3 is 0 Å². The van der Waals surface area contributed by atoms with Gasteiger partial charge in [-0.05, 0) is 67.3 Å². The standard InChI is InChI=1S/C19H26N2S/c1-2-12-7-11-8-16-18-14(5-6-21(10-11)19(12)16)15-9-13(22)3-4-17(15)20-18/h3-4,9,11-12,14,16,18-20,22H,2,5-8,10H2,1H3. The number of nitrogens with one attached hydrogen (secondary N) is 1. The van der Waals surface area contributed by atoms with Crippen LogP contribution in [0.15, 0.2) is 23.1 Å². The molecule has 0 radical (unpaired) electrons. The lowest BCUT2D eigenvalue weighted by Crippen LogP contribution is -2.59. The van der Waals surface area contributed by atoms with E-state index in [9.17, 15) is 0 Å². The zero-order chi connectivity index (χ0) is 14.8. The van der Waals surface area contributed by atoms with Gasteiger partial charge in [0.25, 0.3) is 0 Å². The smallest absolute Gasteiger partial charge is 0.0379 e. The van der Waals surface area contributed by atoms with Crippen LogP contribution in [-0.4, -0.2) is 30.1 Å². The van der Waals surface area contributed by atoms with E-state index < -0.39 is 0 Å². The molecule has 7 atom stereocenters. The van der Waals surface area contributed by atoms with E-state index >= 15 is 0 Å². The summed E-state index contributed by atoms with van der Waals surface area (Å²) in [6, 6.07) is 8.20. The van der Waals surface area contributed by atoms with E-state index in [1.54, 1.807) is 0 Å². The Morgan fingerprint density at radius 1 is 1.32 bits per heavy atom. The summed E-state index contributed by atoms with van der Waals surface area (Å²) < 4.78 is 0. The zero-order valence-electron chi connectivity index (χ0n) is 13.3. The van der Waals surface area contributed by atoms with Gasteiger partial charge in [-0.1, -0.05) is 13.3 Å². The predicted octanol–water partition coefficient (Wildman–Crippen LogP) is 3.99. The molecule has 7 unspecified atom stereocenters. The Hall–Kier alpha value is -0.670. The SMILES string of the molecule is CCC1CC2CC3C4Nc5ccc(S)cc5C4CCN(C2)C13. The molecule has 0 aromatic heterocycles. The van der Waals surface area contributed by atoms with Crippen LogP contribution in [0.4, 0.5) is 5.69 Å². The van der Waals surface area contributed by atoms with Crippen LogP contribution in [0.3, 0.4) is 0 Å². The highest BCUT2D eigenvalue weighted by atomic mass is 32.1. The molecule has 1 aromatic rings. The number of nitrogens with zero attached hydrogens (tertiary/aromatic N) is 1. The van der Waals surface area contributed by atoms with Gasteiger partial charge in [-0.25, -0.2) is 0 Å². The molecule has 4 heterocycles. The molecule has 1 aromatic carbocycles. The molecule has 6 rings (SSSR count). The molecule has 3 saturated heterocycles. The summed E-state index contributed by atoms with van der Waals surface area (Å²) in [4.78, 5) is 3.97. The van der Waals surface area contributed by atoms with Gasteiger partial charge in [0.1, 0.15) is 0 Å². The van der Waals surface area contributed by atoms with E-state index in [4.69, 9.17) is 0 Å². The fraction of sp³-hybridized carbons (Fsp3) is 0.684. The van der Waals surface area contributed by atoms with Crippen molar-refractivity contribution in [3.8, 4) is 0 Å². The molecule has 0 amide bonds. The molecule has 0 spiro atoms. The topological polar surface area (TPSA) is 15.3 Å². The molecule has 3 heteroatoms. The van der Waals surface area contributed by atoms with Crippen molar-refractivity contribution in [1.82, 2.24) is 4.90 Å². The van der Waals surface area contributed by atoms with Crippen LogP contribution in [0.25, 0.3) is 0 Å². The van der Waals surface area contributed by atoms with Crippen LogP contribution < -0.4 is 5.32 Å². The van der Waals surface area contributed by atoms with E-state index in [2.05, 4.69) is 48.0 Å². The maximum Gasteiger partial charge on any atom is 0.0379 e. The third-order valence-corrected chi connectivity index (χ3v) is 7.26. The highest BCUT2D eigenvalue weighted by Gasteiger charge is 2.53. The largest absolute Gasteiger partial charge is 0.381 e. The molecule has 2 nitrogen and oxygen atoms in total. The van der Waals surface area contributed by atoms with Crippen LogP contribution in [0.1, 0.15) is 44.1 Å². The lowest BCUT2D eigenvalue weighted by Gasteiger charge is -2.54. The highest BCUT2D eigenvalue weighted by Crippen LogP contribution is 2.53. The second kappa shape index (κ2) is 4.91. The number of fused-ring (bicyclic) bond motifs is 4. The highest BCUT2D eigenvalue weighted by molar-refractivity contribution is 7.80. The van der Waals surface area contributed by atoms with Crippen LogP contribution in [0.2, 0.25) is 0 Å². The molecule has 118 valence electrons. The van der Waals surface area contributed by atoms with Crippen LogP contribution >= 0.6 is 12.6 Å². The normalized spacial score (nSPS) is 44.9. The monoisotopic (exact) mass is 314 g/mol. The van der Waals surface area contributed by atoms with Gasteiger partial charge in [0.05, 0.1) is 0 Å². The number of anilines is 1. The number of piperidine rings is 2. The summed E-state index contributed by atoms with van der Waals surface area (Å²) in [7, 11) is 0. The van der Waals surface area contributed by atoms with Gasteiger partial charge in [0, 0.05) is 35.1 Å². The van der Waals surface area contributed by atoms with Gasteiger partial charge < -0.3 is 5.32 Å². The predicted molar refractivity (Wildman–Crippen MR) is 93.8 cm³/mol. The Balaban J connectivity index is 1.55. The van der Waals surface area contributed by atoms with Crippen LogP contribution in [0, 0.1) is 17.8 Å². The van der Waals surface area contributed by atoms with Crippen LogP contribution in [-0.2, 0) is 0 Å². The second-order valence-electron chi connectivity index (χ2n) is 7.99. The molecule has 4 bridgehead atoms. The van der Waals surface area contributed by atoms with Crippen molar-refractivity contribution in [3.63, 3.8) is 0 Å². The first-order valence-corrected chi connectivity index (χ1v) is 9.53. The minimum Gasteiger partial charge on any atom is -0.381 e. The molecule has 4 fully saturated rings. The van der Waals surface area contributed by atoms with E-state index in [0.717, 1.165) is 28.7 Å². The second-order valence-corrected chi connectivity index (χ2v) is 8.51. The summed E-state index contributed by atoms with van der Waals surface area (Å²) in [5, 5.41) is 3.93. The lowest BCUT2D eigenvalue weighted by atomic mass is 9.63. The van der Waals surface area contributed by atoms with E-state index in [1.165, 1.54) is 50.0 Å². The maximum absolute atomic E-state index is 4.58. The Kier molecular flexibility index (Phi) is 3.07. The number of hydrogen-bond acceptors (Lipinski definition) is 3. The minimum atomic E-state index is 0.664. The van der Waals surface area contributed by atoms with Gasteiger partial charge in [-0.3, -0.25) is 4.90 Å². The average molecular weight is 314 g/mol. The summed E-state index contributed by atoms with van der Waals surface area (Å²) in [6.07, 6.45) is 5.62. The number of benzene rings is 1. The molecular weight excluding hydrogens is 288 g/mol. The number of thiol groups is 1. The van der Waals surface area contributed by atoms with Crippen molar-refractivity contribution in [3.05, 3.63) is 23.8 Å². The Labute approximate surface area is 139 Å². The summed E-state index contributed by atoms with van der Waals surface area (Å²) in [5.41, 5.74) is 2.92. The van der Waals surface area contributed by atoms with Gasteiger partial charge in [-0.15, -0.1) is 12.6 Å². The summed E-state index contributed by atoms with van der Waals surface area (Å²) in [6.45, 7) is 5.07. The molecule has 1 N–H and O–H groups in total. The summed E-state index contributed by atoms with van der Waals surface area (Å²) >= 11 is 4.58. The van der Waals surface area contributed by atoms with Crippen molar-refractivity contribution >= 4 is 18.3 Å². The van der Waals surface area contributed by atoms with Gasteiger partial charge in [0.15, 0.2) is 0 Å². The first-order chi connectivity index (χ1) is 10.7.